The predicted molar refractivity (Wildman–Crippen MR) is 99.6 cm³/mol. The van der Waals surface area contributed by atoms with E-state index in [0.717, 1.165) is 29.4 Å². The van der Waals surface area contributed by atoms with Crippen LogP contribution in [-0.2, 0) is 21.9 Å². The molecule has 3 rings (SSSR count). The molecule has 2 heterocycles. The van der Waals surface area contributed by atoms with Gasteiger partial charge in [-0.05, 0) is 38.3 Å². The Morgan fingerprint density at radius 1 is 1.35 bits per heavy atom. The number of nitrogens with zero attached hydrogens (tertiary/aromatic N) is 2. The highest BCUT2D eigenvalue weighted by atomic mass is 32.2. The molecule has 1 fully saturated rings. The summed E-state index contributed by atoms with van der Waals surface area (Å²) in [5.74, 6) is -0.787. The molecule has 1 aromatic heterocycles. The van der Waals surface area contributed by atoms with Gasteiger partial charge in [-0.1, -0.05) is 18.2 Å². The lowest BCUT2D eigenvalue weighted by atomic mass is 10.00. The van der Waals surface area contributed by atoms with Crippen LogP contribution in [0.5, 0.6) is 0 Å². The molecule has 8 heteroatoms. The third-order valence-corrected chi connectivity index (χ3v) is 7.17. The van der Waals surface area contributed by atoms with E-state index in [0.29, 0.717) is 24.5 Å². The van der Waals surface area contributed by atoms with Crippen LogP contribution in [0, 0.1) is 12.8 Å². The highest BCUT2D eigenvalue weighted by molar-refractivity contribution is 7.89. The molecule has 1 aliphatic heterocycles. The van der Waals surface area contributed by atoms with Crippen LogP contribution < -0.4 is 5.32 Å². The van der Waals surface area contributed by atoms with Gasteiger partial charge in [0.05, 0.1) is 6.54 Å². The second-order valence-electron chi connectivity index (χ2n) is 6.89. The van der Waals surface area contributed by atoms with Crippen molar-refractivity contribution in [2.45, 2.75) is 24.7 Å². The Labute approximate surface area is 153 Å². The van der Waals surface area contributed by atoms with Gasteiger partial charge in [-0.3, -0.25) is 4.79 Å². The fraction of sp³-hybridized carbons (Fsp3) is 0.500. The van der Waals surface area contributed by atoms with Crippen molar-refractivity contribution in [2.75, 3.05) is 26.2 Å². The molecule has 1 atom stereocenters. The molecule has 1 unspecified atom stereocenters. The Morgan fingerprint density at radius 3 is 2.81 bits per heavy atom. The summed E-state index contributed by atoms with van der Waals surface area (Å²) >= 11 is 0. The van der Waals surface area contributed by atoms with E-state index in [4.69, 9.17) is 5.11 Å². The molecule has 2 aromatic rings. The first-order valence-electron chi connectivity index (χ1n) is 8.79. The van der Waals surface area contributed by atoms with Gasteiger partial charge >= 0.3 is 5.97 Å². The van der Waals surface area contributed by atoms with Crippen molar-refractivity contribution in [3.8, 4) is 0 Å². The summed E-state index contributed by atoms with van der Waals surface area (Å²) in [4.78, 5) is 11.0. The zero-order valence-electron chi connectivity index (χ0n) is 15.1. The van der Waals surface area contributed by atoms with Gasteiger partial charge in [0.1, 0.15) is 4.90 Å². The highest BCUT2D eigenvalue weighted by Gasteiger charge is 2.33. The minimum absolute atomic E-state index is 0.105. The number of nitrogens with one attached hydrogen (secondary N) is 1. The maximum absolute atomic E-state index is 13.4. The quantitative estimate of drug-likeness (QED) is 0.795. The van der Waals surface area contributed by atoms with Gasteiger partial charge in [0.2, 0.25) is 10.0 Å². The molecule has 0 bridgehead atoms. The second kappa shape index (κ2) is 7.38. The molecule has 1 saturated heterocycles. The summed E-state index contributed by atoms with van der Waals surface area (Å²) in [7, 11) is -1.72. The van der Waals surface area contributed by atoms with E-state index in [9.17, 15) is 13.2 Å². The summed E-state index contributed by atoms with van der Waals surface area (Å²) in [6.45, 7) is 3.15. The highest BCUT2D eigenvalue weighted by Crippen LogP contribution is 2.32. The van der Waals surface area contributed by atoms with Crippen LogP contribution in [0.25, 0.3) is 10.9 Å². The topological polar surface area (TPSA) is 91.6 Å². The monoisotopic (exact) mass is 379 g/mol. The summed E-state index contributed by atoms with van der Waals surface area (Å²) in [6.07, 6.45) is 1.68. The Hall–Kier alpha value is -1.90. The van der Waals surface area contributed by atoms with E-state index in [2.05, 4.69) is 5.32 Å². The van der Waals surface area contributed by atoms with E-state index in [-0.39, 0.29) is 12.5 Å². The molecule has 0 radical (unpaired) electrons. The van der Waals surface area contributed by atoms with Crippen LogP contribution in [0.2, 0.25) is 0 Å². The lowest BCUT2D eigenvalue weighted by Gasteiger charge is -2.32. The predicted octanol–water partition coefficient (Wildman–Crippen LogP) is 1.56. The number of piperidine rings is 1. The number of rotatable bonds is 6. The lowest BCUT2D eigenvalue weighted by molar-refractivity contribution is -0.136. The Bertz CT molecular complexity index is 920. The number of hydrogen-bond acceptors (Lipinski definition) is 4. The van der Waals surface area contributed by atoms with Gasteiger partial charge in [-0.25, -0.2) is 8.42 Å². The van der Waals surface area contributed by atoms with Crippen molar-refractivity contribution in [1.29, 1.82) is 0 Å². The zero-order chi connectivity index (χ0) is 18.9. The fourth-order valence-corrected chi connectivity index (χ4v) is 5.73. The number of carboxylic acid groups (broad SMARTS) is 1. The average Bonchev–Trinajstić information content (AvgIpc) is 2.87. The van der Waals surface area contributed by atoms with E-state index < -0.39 is 16.0 Å². The van der Waals surface area contributed by atoms with Crippen molar-refractivity contribution in [2.24, 2.45) is 13.0 Å². The van der Waals surface area contributed by atoms with Gasteiger partial charge in [-0.2, -0.15) is 4.31 Å². The molecule has 1 aliphatic rings. The SMILES string of the molecule is Cc1c(S(=O)(=O)N2CCCC(CNCC(=O)O)C2)c2ccccc2n1C. The molecule has 26 heavy (non-hydrogen) atoms. The Kier molecular flexibility index (Phi) is 5.36. The van der Waals surface area contributed by atoms with Gasteiger partial charge in [0.15, 0.2) is 0 Å². The first-order valence-corrected chi connectivity index (χ1v) is 10.2. The van der Waals surface area contributed by atoms with Gasteiger partial charge in [-0.15, -0.1) is 0 Å². The van der Waals surface area contributed by atoms with Gasteiger partial charge in [0, 0.05) is 36.7 Å². The summed E-state index contributed by atoms with van der Waals surface area (Å²) in [5, 5.41) is 12.4. The Morgan fingerprint density at radius 2 is 2.08 bits per heavy atom. The van der Waals surface area contributed by atoms with Crippen molar-refractivity contribution >= 4 is 26.9 Å². The van der Waals surface area contributed by atoms with Crippen molar-refractivity contribution in [1.82, 2.24) is 14.2 Å². The third-order valence-electron chi connectivity index (χ3n) is 5.13. The number of benzene rings is 1. The number of carboxylic acids is 1. The maximum Gasteiger partial charge on any atom is 0.317 e. The smallest absolute Gasteiger partial charge is 0.317 e. The van der Waals surface area contributed by atoms with Crippen LogP contribution in [-0.4, -0.2) is 54.5 Å². The molecular formula is C18H25N3O4S. The minimum atomic E-state index is -3.60. The van der Waals surface area contributed by atoms with Crippen LogP contribution in [0.15, 0.2) is 29.2 Å². The maximum atomic E-state index is 13.4. The Balaban J connectivity index is 1.86. The number of aromatic nitrogens is 1. The number of aliphatic carboxylic acids is 1. The minimum Gasteiger partial charge on any atom is -0.480 e. The van der Waals surface area contributed by atoms with Gasteiger partial charge in [0.25, 0.3) is 0 Å². The molecule has 0 spiro atoms. The molecule has 7 nitrogen and oxygen atoms in total. The van der Waals surface area contributed by atoms with Crippen LogP contribution in [0.3, 0.4) is 0 Å². The summed E-state index contributed by atoms with van der Waals surface area (Å²) in [6, 6.07) is 7.54. The fourth-order valence-electron chi connectivity index (χ4n) is 3.74. The standard InChI is InChI=1S/C18H25N3O4S/c1-13-18(15-7-3-4-8-16(15)20(13)2)26(24,25)21-9-5-6-14(12-21)10-19-11-17(22)23/h3-4,7-8,14,19H,5-6,9-12H2,1-2H3,(H,22,23). The zero-order valence-corrected chi connectivity index (χ0v) is 15.9. The van der Waals surface area contributed by atoms with Crippen LogP contribution >= 0.6 is 0 Å². The lowest BCUT2D eigenvalue weighted by Crippen LogP contribution is -2.43. The van der Waals surface area contributed by atoms with Crippen LogP contribution in [0.1, 0.15) is 18.5 Å². The largest absolute Gasteiger partial charge is 0.480 e. The molecule has 0 saturated carbocycles. The van der Waals surface area contributed by atoms with E-state index >= 15 is 0 Å². The van der Waals surface area contributed by atoms with E-state index in [1.165, 1.54) is 0 Å². The van der Waals surface area contributed by atoms with Crippen molar-refractivity contribution < 1.29 is 18.3 Å². The first kappa shape index (κ1) is 18.9. The average molecular weight is 379 g/mol. The second-order valence-corrected chi connectivity index (χ2v) is 8.76. The number of carbonyl (C=O) groups is 1. The van der Waals surface area contributed by atoms with Gasteiger partial charge < -0.3 is 15.0 Å². The van der Waals surface area contributed by atoms with E-state index in [1.807, 2.05) is 42.8 Å². The summed E-state index contributed by atoms with van der Waals surface area (Å²) in [5.41, 5.74) is 1.64. The number of hydrogen-bond donors (Lipinski definition) is 2. The van der Waals surface area contributed by atoms with E-state index in [1.54, 1.807) is 4.31 Å². The molecular weight excluding hydrogens is 354 g/mol. The third kappa shape index (κ3) is 3.49. The molecule has 2 N–H and O–H groups in total. The first-order chi connectivity index (χ1) is 12.3. The number of sulfonamides is 1. The van der Waals surface area contributed by atoms with Crippen molar-refractivity contribution in [3.05, 3.63) is 30.0 Å². The van der Waals surface area contributed by atoms with Crippen LogP contribution in [0.4, 0.5) is 0 Å². The number of para-hydroxylation sites is 1. The van der Waals surface area contributed by atoms with Crippen molar-refractivity contribution in [3.63, 3.8) is 0 Å². The molecule has 0 aliphatic carbocycles. The molecule has 142 valence electrons. The molecule has 0 amide bonds. The normalized spacial score (nSPS) is 19.1. The molecule has 1 aromatic carbocycles. The number of fused-ring (bicyclic) bond motifs is 1. The number of aryl methyl sites for hydroxylation is 1. The summed E-state index contributed by atoms with van der Waals surface area (Å²) < 4.78 is 30.2.